The third-order valence-corrected chi connectivity index (χ3v) is 1.83. The minimum atomic E-state index is 0.852. The lowest BCUT2D eigenvalue weighted by Gasteiger charge is -2.05. The molecule has 0 N–H and O–H groups in total. The second kappa shape index (κ2) is 17.9. The van der Waals surface area contributed by atoms with E-state index in [-0.39, 0.29) is 0 Å². The minimum Gasteiger partial charge on any atom is -0.0656 e. The van der Waals surface area contributed by atoms with Crippen LogP contribution in [0.3, 0.4) is 0 Å². The molecule has 0 saturated carbocycles. The summed E-state index contributed by atoms with van der Waals surface area (Å²) < 4.78 is 0. The minimum absolute atomic E-state index is 0.852. The van der Waals surface area contributed by atoms with Gasteiger partial charge in [0, 0.05) is 0 Å². The summed E-state index contributed by atoms with van der Waals surface area (Å²) in [7, 11) is 0. The van der Waals surface area contributed by atoms with Gasteiger partial charge in [0.05, 0.1) is 0 Å². The summed E-state index contributed by atoms with van der Waals surface area (Å²) in [5.74, 6) is 1.70. The second-order valence-electron chi connectivity index (χ2n) is 4.20. The lowest BCUT2D eigenvalue weighted by molar-refractivity contribution is 0.457. The van der Waals surface area contributed by atoms with Crippen LogP contribution in [-0.2, 0) is 0 Å². The fourth-order valence-corrected chi connectivity index (χ4v) is 0. The molecule has 0 radical (unpaired) electrons. The van der Waals surface area contributed by atoms with Gasteiger partial charge in [0.2, 0.25) is 0 Å². The molecule has 0 saturated heterocycles. The molecule has 0 nitrogen and oxygen atoms in total. The lowest BCUT2D eigenvalue weighted by atomic mass is 10.0. The Kier molecular flexibility index (Phi) is 25.8. The smallest absolute Gasteiger partial charge is 0.0448 e. The normalized spacial score (nSPS) is 8.77. The third-order valence-electron chi connectivity index (χ3n) is 1.83. The molecule has 0 aromatic heterocycles. The van der Waals surface area contributed by atoms with Gasteiger partial charge in [-0.2, -0.15) is 0 Å². The maximum absolute atomic E-state index is 2.24. The van der Waals surface area contributed by atoms with E-state index in [2.05, 4.69) is 55.4 Å². The molecule has 0 heteroatoms. The molecule has 0 heterocycles. The van der Waals surface area contributed by atoms with E-state index in [0.717, 1.165) is 11.8 Å². The molecular formula is C13H32. The molecule has 0 fully saturated rings. The summed E-state index contributed by atoms with van der Waals surface area (Å²) in [6.45, 7) is 17.6. The molecule has 0 rings (SSSR count). The van der Waals surface area contributed by atoms with E-state index in [1.807, 2.05) is 0 Å². The van der Waals surface area contributed by atoms with Crippen molar-refractivity contribution in [2.75, 3.05) is 0 Å². The van der Waals surface area contributed by atoms with Crippen molar-refractivity contribution < 1.29 is 0 Å². The predicted octanol–water partition coefficient (Wildman–Crippen LogP) is 5.52. The van der Waals surface area contributed by atoms with E-state index >= 15 is 0 Å². The van der Waals surface area contributed by atoms with Crippen molar-refractivity contribution in [1.29, 1.82) is 0 Å². The van der Waals surface area contributed by atoms with Crippen LogP contribution in [0.15, 0.2) is 0 Å². The Hall–Kier alpha value is 0. The zero-order valence-corrected chi connectivity index (χ0v) is 11.3. The number of unbranched alkanes of at least 4 members (excludes halogenated alkanes) is 1. The van der Waals surface area contributed by atoms with Crippen LogP contribution >= 0.6 is 0 Å². The summed E-state index contributed by atoms with van der Waals surface area (Å²) >= 11 is 0. The molecule has 13 heavy (non-hydrogen) atoms. The van der Waals surface area contributed by atoms with Gasteiger partial charge in [-0.25, -0.2) is 0 Å². The van der Waals surface area contributed by atoms with Crippen LogP contribution in [0.4, 0.5) is 0 Å². The van der Waals surface area contributed by atoms with Gasteiger partial charge < -0.3 is 0 Å². The van der Waals surface area contributed by atoms with Crippen LogP contribution < -0.4 is 0 Å². The molecule has 0 spiro atoms. The van der Waals surface area contributed by atoms with Gasteiger partial charge in [-0.1, -0.05) is 74.7 Å². The van der Waals surface area contributed by atoms with Gasteiger partial charge in [0.25, 0.3) is 0 Å². The molecule has 0 bridgehead atoms. The second-order valence-corrected chi connectivity index (χ2v) is 4.20. The fourth-order valence-electron chi connectivity index (χ4n) is 0. The van der Waals surface area contributed by atoms with Crippen LogP contribution in [0.5, 0.6) is 0 Å². The maximum atomic E-state index is 2.24. The average molecular weight is 188 g/mol. The van der Waals surface area contributed by atoms with Gasteiger partial charge in [0.15, 0.2) is 0 Å². The predicted molar refractivity (Wildman–Crippen MR) is 66.2 cm³/mol. The average Bonchev–Trinajstić information content (AvgIpc) is 2.06. The van der Waals surface area contributed by atoms with E-state index in [1.54, 1.807) is 0 Å². The largest absolute Gasteiger partial charge is 0.0656 e. The first-order valence-electron chi connectivity index (χ1n) is 5.97. The number of hydrogen-bond acceptors (Lipinski definition) is 0. The third kappa shape index (κ3) is 48.0. The molecule has 0 aromatic carbocycles. The van der Waals surface area contributed by atoms with E-state index in [0.29, 0.717) is 0 Å². The Morgan fingerprint density at radius 2 is 0.769 bits per heavy atom. The molecule has 0 aliphatic rings. The van der Waals surface area contributed by atoms with Crippen molar-refractivity contribution in [3.05, 3.63) is 0 Å². The first kappa shape index (κ1) is 18.7. The van der Waals surface area contributed by atoms with Gasteiger partial charge in [0.1, 0.15) is 0 Å². The molecule has 0 unspecified atom stereocenters. The zero-order chi connectivity index (χ0) is 11.3. The van der Waals surface area contributed by atoms with Crippen LogP contribution in [0.1, 0.15) is 74.7 Å². The summed E-state index contributed by atoms with van der Waals surface area (Å²) in [6.07, 6.45) is 3.89. The monoisotopic (exact) mass is 188 g/mol. The highest BCUT2D eigenvalue weighted by atomic mass is 14.0. The van der Waals surface area contributed by atoms with E-state index in [1.165, 1.54) is 19.3 Å². The Morgan fingerprint density at radius 3 is 0.769 bits per heavy atom. The Balaban J connectivity index is -0.000000125. The first-order valence-corrected chi connectivity index (χ1v) is 5.97. The Labute approximate surface area is 87.1 Å². The number of hydrogen-bond donors (Lipinski definition) is 0. The van der Waals surface area contributed by atoms with E-state index < -0.39 is 0 Å². The summed E-state index contributed by atoms with van der Waals surface area (Å²) in [5.41, 5.74) is 0. The van der Waals surface area contributed by atoms with Crippen LogP contribution in [0.25, 0.3) is 0 Å². The summed E-state index contributed by atoms with van der Waals surface area (Å²) in [4.78, 5) is 0. The molecule has 0 atom stereocenters. The highest BCUT2D eigenvalue weighted by molar-refractivity contribution is 4.46. The van der Waals surface area contributed by atoms with E-state index in [4.69, 9.17) is 0 Å². The summed E-state index contributed by atoms with van der Waals surface area (Å²) in [5, 5.41) is 0. The van der Waals surface area contributed by atoms with Gasteiger partial charge >= 0.3 is 0 Å². The highest BCUT2D eigenvalue weighted by Gasteiger charge is 1.95. The van der Waals surface area contributed by atoms with Crippen LogP contribution in [-0.4, -0.2) is 0 Å². The maximum Gasteiger partial charge on any atom is -0.0448 e. The summed E-state index contributed by atoms with van der Waals surface area (Å²) in [6, 6.07) is 0. The van der Waals surface area contributed by atoms with Crippen molar-refractivity contribution in [3.8, 4) is 0 Å². The number of rotatable bonds is 2. The first-order chi connectivity index (χ1) is 5.97. The molecular weight excluding hydrogens is 156 g/mol. The SMILES string of the molecule is CC(C)C(C)C.CCC.CCCC. The molecule has 0 aliphatic heterocycles. The molecule has 84 valence electrons. The van der Waals surface area contributed by atoms with Crippen LogP contribution in [0, 0.1) is 11.8 Å². The standard InChI is InChI=1S/C6H14.C4H10.C3H8/c1-5(2)6(3)4;1-3-4-2;1-3-2/h5-6H,1-4H3;3-4H2,1-2H3;3H2,1-2H3. The lowest BCUT2D eigenvalue weighted by Crippen LogP contribution is -1.95. The van der Waals surface area contributed by atoms with Crippen molar-refractivity contribution in [2.24, 2.45) is 11.8 Å². The molecule has 0 aliphatic carbocycles. The molecule has 0 amide bonds. The van der Waals surface area contributed by atoms with E-state index in [9.17, 15) is 0 Å². The molecule has 0 aromatic rings. The van der Waals surface area contributed by atoms with Crippen LogP contribution in [0.2, 0.25) is 0 Å². The fraction of sp³-hybridized carbons (Fsp3) is 1.00. The van der Waals surface area contributed by atoms with Gasteiger partial charge in [-0.05, 0) is 11.8 Å². The van der Waals surface area contributed by atoms with Crippen molar-refractivity contribution in [3.63, 3.8) is 0 Å². The van der Waals surface area contributed by atoms with Crippen molar-refractivity contribution in [1.82, 2.24) is 0 Å². The highest BCUT2D eigenvalue weighted by Crippen LogP contribution is 2.05. The van der Waals surface area contributed by atoms with Crippen molar-refractivity contribution >= 4 is 0 Å². The Morgan fingerprint density at radius 1 is 0.615 bits per heavy atom. The quantitative estimate of drug-likeness (QED) is 0.535. The Bertz CT molecular complexity index is 45.1. The topological polar surface area (TPSA) is 0 Å². The van der Waals surface area contributed by atoms with Crippen molar-refractivity contribution in [2.45, 2.75) is 74.7 Å². The zero-order valence-electron chi connectivity index (χ0n) is 11.3. The van der Waals surface area contributed by atoms with Gasteiger partial charge in [-0.3, -0.25) is 0 Å². The van der Waals surface area contributed by atoms with Gasteiger partial charge in [-0.15, -0.1) is 0 Å².